The Kier molecular flexibility index (Phi) is 3.44. The third-order valence-electron chi connectivity index (χ3n) is 4.45. The Labute approximate surface area is 135 Å². The number of nitrogens with zero attached hydrogens (tertiary/aromatic N) is 5. The van der Waals surface area contributed by atoms with Gasteiger partial charge in [-0.05, 0) is 38.3 Å². The number of nitrogens with one attached hydrogen (secondary N) is 1. The summed E-state index contributed by atoms with van der Waals surface area (Å²) in [4.78, 5) is 12.9. The fourth-order valence-electron chi connectivity index (χ4n) is 3.30. The molecule has 3 heterocycles. The topological polar surface area (TPSA) is 68.5 Å². The van der Waals surface area contributed by atoms with Crippen LogP contribution in [0.4, 0.5) is 5.82 Å². The van der Waals surface area contributed by atoms with Crippen LogP contribution in [-0.4, -0.2) is 30.8 Å². The zero-order chi connectivity index (χ0) is 15.8. The molecule has 6 heteroatoms. The van der Waals surface area contributed by atoms with Crippen LogP contribution in [0.2, 0.25) is 0 Å². The summed E-state index contributed by atoms with van der Waals surface area (Å²) in [5.41, 5.74) is 3.65. The number of aryl methyl sites for hydroxylation is 1. The maximum Gasteiger partial charge on any atom is 0.139 e. The van der Waals surface area contributed by atoms with E-state index in [0.29, 0.717) is 12.1 Å². The number of fused-ring (bicyclic) bond motifs is 2. The van der Waals surface area contributed by atoms with Gasteiger partial charge in [0.15, 0.2) is 0 Å². The van der Waals surface area contributed by atoms with Gasteiger partial charge in [-0.1, -0.05) is 0 Å². The van der Waals surface area contributed by atoms with Crippen LogP contribution in [0.25, 0.3) is 10.9 Å². The van der Waals surface area contributed by atoms with E-state index in [0.717, 1.165) is 36.0 Å². The van der Waals surface area contributed by atoms with Crippen molar-refractivity contribution >= 4 is 16.7 Å². The summed E-state index contributed by atoms with van der Waals surface area (Å²) in [5, 5.41) is 9.10. The SMILES string of the molecule is CC(C)n1ncc2c1CC(Nc1ncnc3ccncc13)CC2. The highest BCUT2D eigenvalue weighted by Gasteiger charge is 2.24. The lowest BCUT2D eigenvalue weighted by atomic mass is 9.93. The van der Waals surface area contributed by atoms with Crippen LogP contribution in [0, 0.1) is 0 Å². The predicted octanol–water partition coefficient (Wildman–Crippen LogP) is 2.77. The molecule has 0 saturated carbocycles. The standard InChI is InChI=1S/C17H20N6/c1-11(2)23-16-7-13(4-3-12(16)8-21-23)22-17-14-9-18-6-5-15(14)19-10-20-17/h5-6,8-11,13H,3-4,7H2,1-2H3,(H,19,20,22). The molecule has 0 bridgehead atoms. The van der Waals surface area contributed by atoms with Crippen molar-refractivity contribution in [2.45, 2.75) is 45.2 Å². The molecule has 0 amide bonds. The number of rotatable bonds is 3. The molecule has 0 fully saturated rings. The van der Waals surface area contributed by atoms with Crippen LogP contribution in [0.3, 0.4) is 0 Å². The number of anilines is 1. The van der Waals surface area contributed by atoms with Gasteiger partial charge in [0, 0.05) is 36.6 Å². The van der Waals surface area contributed by atoms with Gasteiger partial charge in [0.1, 0.15) is 12.1 Å². The molecule has 6 nitrogen and oxygen atoms in total. The quantitative estimate of drug-likeness (QED) is 0.806. The van der Waals surface area contributed by atoms with Gasteiger partial charge in [-0.15, -0.1) is 0 Å². The van der Waals surface area contributed by atoms with E-state index in [4.69, 9.17) is 0 Å². The first-order valence-electron chi connectivity index (χ1n) is 8.09. The van der Waals surface area contributed by atoms with Crippen LogP contribution in [0.1, 0.15) is 37.6 Å². The molecule has 118 valence electrons. The van der Waals surface area contributed by atoms with Crippen molar-refractivity contribution in [2.75, 3.05) is 5.32 Å². The summed E-state index contributed by atoms with van der Waals surface area (Å²) in [6, 6.07) is 2.66. The highest BCUT2D eigenvalue weighted by molar-refractivity contribution is 5.87. The average molecular weight is 308 g/mol. The van der Waals surface area contributed by atoms with Crippen LogP contribution >= 0.6 is 0 Å². The van der Waals surface area contributed by atoms with Crippen LogP contribution in [0.5, 0.6) is 0 Å². The molecule has 4 rings (SSSR count). The van der Waals surface area contributed by atoms with Gasteiger partial charge >= 0.3 is 0 Å². The van der Waals surface area contributed by atoms with Crippen LogP contribution in [0.15, 0.2) is 31.0 Å². The number of pyridine rings is 1. The van der Waals surface area contributed by atoms with Crippen molar-refractivity contribution in [1.82, 2.24) is 24.7 Å². The Bertz CT molecular complexity index is 833. The molecular formula is C17H20N6. The highest BCUT2D eigenvalue weighted by Crippen LogP contribution is 2.26. The van der Waals surface area contributed by atoms with E-state index in [2.05, 4.69) is 43.9 Å². The second kappa shape index (κ2) is 5.61. The van der Waals surface area contributed by atoms with Gasteiger partial charge in [0.05, 0.1) is 17.1 Å². The Hall–Kier alpha value is -2.50. The maximum atomic E-state index is 4.54. The molecule has 3 aromatic heterocycles. The Morgan fingerprint density at radius 1 is 1.26 bits per heavy atom. The molecule has 0 saturated heterocycles. The van der Waals surface area contributed by atoms with E-state index in [1.54, 1.807) is 12.5 Å². The molecule has 1 aliphatic carbocycles. The van der Waals surface area contributed by atoms with Crippen LogP contribution < -0.4 is 5.32 Å². The Morgan fingerprint density at radius 3 is 3.04 bits per heavy atom. The zero-order valence-corrected chi connectivity index (χ0v) is 13.4. The summed E-state index contributed by atoms with van der Waals surface area (Å²) in [6.45, 7) is 4.35. The lowest BCUT2D eigenvalue weighted by molar-refractivity contribution is 0.484. The molecule has 1 atom stereocenters. The molecule has 3 aromatic rings. The summed E-state index contributed by atoms with van der Waals surface area (Å²) in [6.07, 6.45) is 10.3. The molecular weight excluding hydrogens is 288 g/mol. The molecule has 23 heavy (non-hydrogen) atoms. The third kappa shape index (κ3) is 2.54. The van der Waals surface area contributed by atoms with E-state index in [9.17, 15) is 0 Å². The van der Waals surface area contributed by atoms with Gasteiger partial charge in [-0.2, -0.15) is 5.10 Å². The predicted molar refractivity (Wildman–Crippen MR) is 89.4 cm³/mol. The summed E-state index contributed by atoms with van der Waals surface area (Å²) in [5.74, 6) is 0.868. The van der Waals surface area contributed by atoms with Gasteiger partial charge in [-0.25, -0.2) is 9.97 Å². The molecule has 1 unspecified atom stereocenters. The Balaban J connectivity index is 1.61. The van der Waals surface area contributed by atoms with E-state index < -0.39 is 0 Å². The van der Waals surface area contributed by atoms with Crippen molar-refractivity contribution < 1.29 is 0 Å². The first-order chi connectivity index (χ1) is 11.2. The minimum Gasteiger partial charge on any atom is -0.366 e. The Morgan fingerprint density at radius 2 is 2.17 bits per heavy atom. The van der Waals surface area contributed by atoms with Crippen molar-refractivity contribution in [2.24, 2.45) is 0 Å². The molecule has 0 radical (unpaired) electrons. The minimum absolute atomic E-state index is 0.356. The van der Waals surface area contributed by atoms with Crippen molar-refractivity contribution in [1.29, 1.82) is 0 Å². The number of hydrogen-bond donors (Lipinski definition) is 1. The summed E-state index contributed by atoms with van der Waals surface area (Å²) < 4.78 is 2.14. The first-order valence-corrected chi connectivity index (χ1v) is 8.09. The first kappa shape index (κ1) is 14.1. The second-order valence-corrected chi connectivity index (χ2v) is 6.35. The maximum absolute atomic E-state index is 4.54. The molecule has 1 N–H and O–H groups in total. The van der Waals surface area contributed by atoms with Crippen molar-refractivity contribution in [3.05, 3.63) is 42.2 Å². The second-order valence-electron chi connectivity index (χ2n) is 6.35. The van der Waals surface area contributed by atoms with Crippen LogP contribution in [-0.2, 0) is 12.8 Å². The van der Waals surface area contributed by atoms with Gasteiger partial charge in [0.2, 0.25) is 0 Å². The third-order valence-corrected chi connectivity index (χ3v) is 4.45. The van der Waals surface area contributed by atoms with E-state index in [-0.39, 0.29) is 0 Å². The van der Waals surface area contributed by atoms with Crippen molar-refractivity contribution in [3.63, 3.8) is 0 Å². The number of hydrogen-bond acceptors (Lipinski definition) is 5. The minimum atomic E-state index is 0.356. The van der Waals surface area contributed by atoms with Gasteiger partial charge in [-0.3, -0.25) is 9.67 Å². The fourth-order valence-corrected chi connectivity index (χ4v) is 3.30. The van der Waals surface area contributed by atoms with E-state index in [1.165, 1.54) is 11.3 Å². The van der Waals surface area contributed by atoms with Gasteiger partial charge < -0.3 is 5.32 Å². The lowest BCUT2D eigenvalue weighted by Gasteiger charge is -2.26. The molecule has 0 aliphatic heterocycles. The van der Waals surface area contributed by atoms with E-state index in [1.807, 2.05) is 18.5 Å². The summed E-state index contributed by atoms with van der Waals surface area (Å²) in [7, 11) is 0. The smallest absolute Gasteiger partial charge is 0.139 e. The zero-order valence-electron chi connectivity index (χ0n) is 13.4. The largest absolute Gasteiger partial charge is 0.366 e. The van der Waals surface area contributed by atoms with Gasteiger partial charge in [0.25, 0.3) is 0 Å². The molecule has 1 aliphatic rings. The fraction of sp³-hybridized carbons (Fsp3) is 0.412. The average Bonchev–Trinajstić information content (AvgIpc) is 2.99. The van der Waals surface area contributed by atoms with Crippen molar-refractivity contribution in [3.8, 4) is 0 Å². The molecule has 0 aromatic carbocycles. The monoisotopic (exact) mass is 308 g/mol. The summed E-state index contributed by atoms with van der Waals surface area (Å²) >= 11 is 0. The lowest BCUT2D eigenvalue weighted by Crippen LogP contribution is -2.29. The normalized spacial score (nSPS) is 17.4. The molecule has 0 spiro atoms. The van der Waals surface area contributed by atoms with E-state index >= 15 is 0 Å². The highest BCUT2D eigenvalue weighted by atomic mass is 15.3. The number of aromatic nitrogens is 5.